The van der Waals surface area contributed by atoms with Gasteiger partial charge in [0.2, 0.25) is 11.8 Å². The van der Waals surface area contributed by atoms with Crippen molar-refractivity contribution < 1.29 is 14.7 Å². The second-order valence-electron chi connectivity index (χ2n) is 5.58. The van der Waals surface area contributed by atoms with Gasteiger partial charge in [-0.25, -0.2) is 4.90 Å². The summed E-state index contributed by atoms with van der Waals surface area (Å²) in [5.41, 5.74) is 0.940. The van der Waals surface area contributed by atoms with Crippen LogP contribution in [0.4, 0.5) is 5.69 Å². The van der Waals surface area contributed by atoms with Gasteiger partial charge < -0.3 is 5.11 Å². The molecule has 1 aliphatic carbocycles. The van der Waals surface area contributed by atoms with Gasteiger partial charge in [0, 0.05) is 5.56 Å². The molecule has 2 fully saturated rings. The smallest absolute Gasteiger partial charge is 0.238 e. The van der Waals surface area contributed by atoms with Crippen LogP contribution in [0.2, 0.25) is 0 Å². The van der Waals surface area contributed by atoms with Crippen LogP contribution in [0, 0.1) is 17.3 Å². The molecule has 2 amide bonds. The Morgan fingerprint density at radius 3 is 2.28 bits per heavy atom. The van der Waals surface area contributed by atoms with Gasteiger partial charge in [0.1, 0.15) is 0 Å². The van der Waals surface area contributed by atoms with Gasteiger partial charge >= 0.3 is 0 Å². The number of fused-ring (bicyclic) bond motifs is 1. The second kappa shape index (κ2) is 3.42. The van der Waals surface area contributed by atoms with E-state index < -0.39 is 0 Å². The summed E-state index contributed by atoms with van der Waals surface area (Å²) in [7, 11) is 0. The van der Waals surface area contributed by atoms with Crippen LogP contribution in [-0.4, -0.2) is 16.9 Å². The topological polar surface area (TPSA) is 57.6 Å². The third kappa shape index (κ3) is 1.24. The normalized spacial score (nSPS) is 28.5. The highest BCUT2D eigenvalue weighted by atomic mass is 16.3. The Morgan fingerprint density at radius 1 is 1.17 bits per heavy atom. The summed E-state index contributed by atoms with van der Waals surface area (Å²) in [5, 5.41) is 9.28. The molecule has 0 bridgehead atoms. The SMILES string of the molecule is CC1(C)C2C(=O)N(c3ccccc3CO)C(=O)C21. The molecule has 0 radical (unpaired) electrons. The van der Waals surface area contributed by atoms with Crippen LogP contribution in [0.15, 0.2) is 24.3 Å². The Morgan fingerprint density at radius 2 is 1.72 bits per heavy atom. The Balaban J connectivity index is 2.01. The van der Waals surface area contributed by atoms with Gasteiger partial charge in [-0.2, -0.15) is 0 Å². The first-order chi connectivity index (χ1) is 8.50. The van der Waals surface area contributed by atoms with Crippen molar-refractivity contribution in [3.05, 3.63) is 29.8 Å². The van der Waals surface area contributed by atoms with Crippen LogP contribution < -0.4 is 4.90 Å². The van der Waals surface area contributed by atoms with E-state index in [9.17, 15) is 14.7 Å². The summed E-state index contributed by atoms with van der Waals surface area (Å²) < 4.78 is 0. The quantitative estimate of drug-likeness (QED) is 0.799. The minimum atomic E-state index is -0.196. The molecule has 18 heavy (non-hydrogen) atoms. The fourth-order valence-electron chi connectivity index (χ4n) is 3.05. The van der Waals surface area contributed by atoms with Crippen LogP contribution in [0.1, 0.15) is 19.4 Å². The van der Waals surface area contributed by atoms with E-state index in [-0.39, 0.29) is 35.7 Å². The zero-order valence-electron chi connectivity index (χ0n) is 10.4. The largest absolute Gasteiger partial charge is 0.392 e. The predicted octanol–water partition coefficient (Wildman–Crippen LogP) is 1.32. The molecule has 1 saturated heterocycles. The van der Waals surface area contributed by atoms with E-state index in [0.717, 1.165) is 0 Å². The van der Waals surface area contributed by atoms with Crippen molar-refractivity contribution in [1.82, 2.24) is 0 Å². The average molecular weight is 245 g/mol. The number of carbonyl (C=O) groups is 2. The average Bonchev–Trinajstić information content (AvgIpc) is 2.80. The van der Waals surface area contributed by atoms with Crippen molar-refractivity contribution in [3.63, 3.8) is 0 Å². The Hall–Kier alpha value is -1.68. The van der Waals surface area contributed by atoms with Gasteiger partial charge in [-0.1, -0.05) is 32.0 Å². The van der Waals surface area contributed by atoms with Gasteiger partial charge in [-0.15, -0.1) is 0 Å². The van der Waals surface area contributed by atoms with Crippen LogP contribution in [-0.2, 0) is 16.2 Å². The molecule has 1 aliphatic heterocycles. The number of hydrogen-bond acceptors (Lipinski definition) is 3. The lowest BCUT2D eigenvalue weighted by atomic mass is 10.0. The van der Waals surface area contributed by atoms with Gasteiger partial charge in [0.15, 0.2) is 0 Å². The second-order valence-corrected chi connectivity index (χ2v) is 5.58. The minimum absolute atomic E-state index is 0.129. The molecule has 2 unspecified atom stereocenters. The maximum Gasteiger partial charge on any atom is 0.238 e. The van der Waals surface area contributed by atoms with Crippen molar-refractivity contribution in [2.24, 2.45) is 17.3 Å². The molecule has 3 rings (SSSR count). The molecule has 4 nitrogen and oxygen atoms in total. The molecule has 94 valence electrons. The number of amides is 2. The molecule has 1 heterocycles. The number of rotatable bonds is 2. The number of para-hydroxylation sites is 1. The summed E-state index contributed by atoms with van der Waals surface area (Å²) in [6.45, 7) is 3.73. The molecule has 2 aliphatic rings. The fraction of sp³-hybridized carbons (Fsp3) is 0.429. The van der Waals surface area contributed by atoms with Crippen molar-refractivity contribution >= 4 is 17.5 Å². The molecule has 4 heteroatoms. The fourth-order valence-corrected chi connectivity index (χ4v) is 3.05. The first-order valence-corrected chi connectivity index (χ1v) is 6.06. The van der Waals surface area contributed by atoms with E-state index in [0.29, 0.717) is 11.3 Å². The van der Waals surface area contributed by atoms with E-state index in [4.69, 9.17) is 0 Å². The first-order valence-electron chi connectivity index (χ1n) is 6.06. The lowest BCUT2D eigenvalue weighted by Gasteiger charge is -2.22. The summed E-state index contributed by atoms with van der Waals surface area (Å²) >= 11 is 0. The Bertz CT molecular complexity index is 526. The highest BCUT2D eigenvalue weighted by molar-refractivity contribution is 6.26. The summed E-state index contributed by atoms with van der Waals surface area (Å²) in [4.78, 5) is 25.8. The van der Waals surface area contributed by atoms with Crippen molar-refractivity contribution in [2.75, 3.05) is 4.90 Å². The highest BCUT2D eigenvalue weighted by Gasteiger charge is 2.72. The van der Waals surface area contributed by atoms with Crippen LogP contribution in [0.3, 0.4) is 0 Å². The van der Waals surface area contributed by atoms with Gasteiger partial charge in [-0.05, 0) is 11.5 Å². The number of benzene rings is 1. The van der Waals surface area contributed by atoms with Gasteiger partial charge in [0.05, 0.1) is 24.1 Å². The maximum atomic E-state index is 12.3. The van der Waals surface area contributed by atoms with Crippen LogP contribution in [0.5, 0.6) is 0 Å². The van der Waals surface area contributed by atoms with E-state index in [1.54, 1.807) is 24.3 Å². The van der Waals surface area contributed by atoms with E-state index >= 15 is 0 Å². The third-order valence-corrected chi connectivity index (χ3v) is 4.20. The lowest BCUT2D eigenvalue weighted by Crippen LogP contribution is -2.36. The molecule has 1 aromatic rings. The maximum absolute atomic E-state index is 12.3. The predicted molar refractivity (Wildman–Crippen MR) is 65.6 cm³/mol. The Kier molecular flexibility index (Phi) is 2.17. The van der Waals surface area contributed by atoms with E-state index in [1.807, 2.05) is 13.8 Å². The number of piperidine rings is 1. The van der Waals surface area contributed by atoms with Crippen molar-refractivity contribution in [1.29, 1.82) is 0 Å². The molecule has 1 saturated carbocycles. The number of aliphatic hydroxyl groups excluding tert-OH is 1. The van der Waals surface area contributed by atoms with Crippen LogP contribution >= 0.6 is 0 Å². The van der Waals surface area contributed by atoms with Gasteiger partial charge in [0.25, 0.3) is 0 Å². The number of carbonyl (C=O) groups excluding carboxylic acids is 2. The monoisotopic (exact) mass is 245 g/mol. The number of imide groups is 1. The van der Waals surface area contributed by atoms with E-state index in [1.165, 1.54) is 4.90 Å². The lowest BCUT2D eigenvalue weighted by molar-refractivity contribution is -0.125. The van der Waals surface area contributed by atoms with Crippen LogP contribution in [0.25, 0.3) is 0 Å². The minimum Gasteiger partial charge on any atom is -0.392 e. The molecule has 0 aromatic heterocycles. The van der Waals surface area contributed by atoms with Crippen molar-refractivity contribution in [2.45, 2.75) is 20.5 Å². The summed E-state index contributed by atoms with van der Waals surface area (Å²) in [6, 6.07) is 6.99. The number of anilines is 1. The number of hydrogen-bond donors (Lipinski definition) is 1. The number of nitrogens with zero attached hydrogens (tertiary/aromatic N) is 1. The highest BCUT2D eigenvalue weighted by Crippen LogP contribution is 2.63. The first kappa shape index (κ1) is 11.4. The summed E-state index contributed by atoms with van der Waals surface area (Å²) in [6.07, 6.45) is 0. The molecule has 2 atom stereocenters. The molecule has 1 N–H and O–H groups in total. The summed E-state index contributed by atoms with van der Waals surface area (Å²) in [5.74, 6) is -0.625. The third-order valence-electron chi connectivity index (χ3n) is 4.20. The number of aliphatic hydroxyl groups is 1. The van der Waals surface area contributed by atoms with Crippen molar-refractivity contribution in [3.8, 4) is 0 Å². The molecule has 1 aromatic carbocycles. The molecular formula is C14H15NO3. The molecule has 0 spiro atoms. The van der Waals surface area contributed by atoms with E-state index in [2.05, 4.69) is 0 Å². The molecular weight excluding hydrogens is 230 g/mol. The zero-order valence-corrected chi connectivity index (χ0v) is 10.4. The standard InChI is InChI=1S/C14H15NO3/c1-14(2)10-11(14)13(18)15(12(10)17)9-6-4-3-5-8(9)7-16/h3-6,10-11,16H,7H2,1-2H3. The Labute approximate surface area is 105 Å². The van der Waals surface area contributed by atoms with Gasteiger partial charge in [-0.3, -0.25) is 9.59 Å². The zero-order chi connectivity index (χ0) is 13.1.